The highest BCUT2D eigenvalue weighted by Crippen LogP contribution is 2.26. The van der Waals surface area contributed by atoms with Crippen LogP contribution in [0.5, 0.6) is 5.75 Å². The van der Waals surface area contributed by atoms with Crippen LogP contribution in [0, 0.1) is 6.92 Å². The summed E-state index contributed by atoms with van der Waals surface area (Å²) < 4.78 is 5.63. The molecule has 1 aliphatic carbocycles. The molecule has 110 valence electrons. The van der Waals surface area contributed by atoms with Crippen molar-refractivity contribution in [2.75, 3.05) is 26.2 Å². The van der Waals surface area contributed by atoms with E-state index in [1.54, 1.807) is 0 Å². The second kappa shape index (κ2) is 7.29. The monoisotopic (exact) mass is 276 g/mol. The van der Waals surface area contributed by atoms with Gasteiger partial charge in [-0.05, 0) is 44.4 Å². The zero-order valence-corrected chi connectivity index (χ0v) is 12.4. The minimum Gasteiger partial charge on any atom is -0.492 e. The summed E-state index contributed by atoms with van der Waals surface area (Å²) in [4.78, 5) is 13.9. The Labute approximate surface area is 121 Å². The van der Waals surface area contributed by atoms with E-state index in [0.29, 0.717) is 25.7 Å². The Hall–Kier alpha value is -1.55. The van der Waals surface area contributed by atoms with Crippen molar-refractivity contribution in [1.82, 2.24) is 10.2 Å². The van der Waals surface area contributed by atoms with Crippen LogP contribution in [-0.2, 0) is 4.79 Å². The predicted molar refractivity (Wildman–Crippen MR) is 80.0 cm³/mol. The number of carbonyl (C=O) groups excluding carboxylic acids is 1. The van der Waals surface area contributed by atoms with Gasteiger partial charge in [-0.15, -0.1) is 0 Å². The van der Waals surface area contributed by atoms with Gasteiger partial charge < -0.3 is 15.0 Å². The van der Waals surface area contributed by atoms with Crippen molar-refractivity contribution >= 4 is 5.91 Å². The van der Waals surface area contributed by atoms with Gasteiger partial charge >= 0.3 is 0 Å². The zero-order valence-electron chi connectivity index (χ0n) is 12.4. The summed E-state index contributed by atoms with van der Waals surface area (Å²) in [5, 5.41) is 3.15. The van der Waals surface area contributed by atoms with E-state index in [1.807, 2.05) is 43.0 Å². The normalized spacial score (nSPS) is 14.1. The first-order valence-corrected chi connectivity index (χ1v) is 7.40. The number of nitrogens with zero attached hydrogens (tertiary/aromatic N) is 1. The molecular weight excluding hydrogens is 252 g/mol. The van der Waals surface area contributed by atoms with Crippen molar-refractivity contribution in [3.63, 3.8) is 0 Å². The average molecular weight is 276 g/mol. The van der Waals surface area contributed by atoms with E-state index < -0.39 is 0 Å². The molecule has 0 spiro atoms. The van der Waals surface area contributed by atoms with Crippen molar-refractivity contribution in [2.45, 2.75) is 32.7 Å². The molecule has 4 nitrogen and oxygen atoms in total. The van der Waals surface area contributed by atoms with Crippen molar-refractivity contribution < 1.29 is 9.53 Å². The lowest BCUT2D eigenvalue weighted by Gasteiger charge is -2.20. The molecule has 0 bridgehead atoms. The highest BCUT2D eigenvalue weighted by molar-refractivity contribution is 5.78. The predicted octanol–water partition coefficient (Wildman–Crippen LogP) is 1.97. The maximum Gasteiger partial charge on any atom is 0.236 e. The number of amides is 1. The zero-order chi connectivity index (χ0) is 14.4. The third-order valence-corrected chi connectivity index (χ3v) is 3.46. The van der Waals surface area contributed by atoms with Gasteiger partial charge in [-0.2, -0.15) is 0 Å². The number of ether oxygens (including phenoxy) is 1. The van der Waals surface area contributed by atoms with Crippen LogP contribution < -0.4 is 10.1 Å². The largest absolute Gasteiger partial charge is 0.492 e. The molecule has 20 heavy (non-hydrogen) atoms. The number of likely N-dealkylation sites (N-methyl/N-ethyl adjacent to an activating group) is 1. The van der Waals surface area contributed by atoms with E-state index in [9.17, 15) is 4.79 Å². The molecule has 1 saturated carbocycles. The molecule has 0 atom stereocenters. The molecule has 0 heterocycles. The van der Waals surface area contributed by atoms with Gasteiger partial charge in [0.25, 0.3) is 0 Å². The van der Waals surface area contributed by atoms with Crippen molar-refractivity contribution in [3.05, 3.63) is 29.8 Å². The van der Waals surface area contributed by atoms with Crippen molar-refractivity contribution in [1.29, 1.82) is 0 Å². The topological polar surface area (TPSA) is 41.6 Å². The second-order valence-electron chi connectivity index (χ2n) is 5.25. The van der Waals surface area contributed by atoms with Gasteiger partial charge in [0, 0.05) is 19.1 Å². The van der Waals surface area contributed by atoms with Crippen LogP contribution in [0.4, 0.5) is 0 Å². The summed E-state index contributed by atoms with van der Waals surface area (Å²) in [7, 11) is 0. The van der Waals surface area contributed by atoms with Gasteiger partial charge in [0.2, 0.25) is 5.91 Å². The summed E-state index contributed by atoms with van der Waals surface area (Å²) in [6.45, 7) is 6.55. The van der Waals surface area contributed by atoms with Crippen LogP contribution >= 0.6 is 0 Å². The Morgan fingerprint density at radius 2 is 2.25 bits per heavy atom. The smallest absolute Gasteiger partial charge is 0.236 e. The number of rotatable bonds is 8. The van der Waals surface area contributed by atoms with Gasteiger partial charge in [0.1, 0.15) is 12.4 Å². The van der Waals surface area contributed by atoms with Crippen molar-refractivity contribution in [3.8, 4) is 5.75 Å². The molecule has 1 aromatic carbocycles. The molecule has 0 unspecified atom stereocenters. The standard InChI is InChI=1S/C16H24N2O2/c1-3-18(14-7-8-14)16(19)12-17-9-10-20-15-6-4-5-13(2)11-15/h4-6,11,14,17H,3,7-10,12H2,1-2H3. The van der Waals surface area contributed by atoms with E-state index in [1.165, 1.54) is 5.56 Å². The Morgan fingerprint density at radius 3 is 2.90 bits per heavy atom. The summed E-state index contributed by atoms with van der Waals surface area (Å²) >= 11 is 0. The van der Waals surface area contributed by atoms with Crippen molar-refractivity contribution in [2.24, 2.45) is 0 Å². The molecule has 1 aromatic rings. The number of aryl methyl sites for hydroxylation is 1. The molecule has 0 aliphatic heterocycles. The fourth-order valence-electron chi connectivity index (χ4n) is 2.27. The highest BCUT2D eigenvalue weighted by atomic mass is 16.5. The van der Waals surface area contributed by atoms with Crippen LogP contribution in [0.15, 0.2) is 24.3 Å². The van der Waals surface area contributed by atoms with Crippen LogP contribution in [0.25, 0.3) is 0 Å². The number of benzene rings is 1. The van der Waals surface area contributed by atoms with Gasteiger partial charge in [0.05, 0.1) is 6.54 Å². The lowest BCUT2D eigenvalue weighted by atomic mass is 10.2. The van der Waals surface area contributed by atoms with Gasteiger partial charge in [0.15, 0.2) is 0 Å². The maximum atomic E-state index is 12.0. The minimum absolute atomic E-state index is 0.200. The Kier molecular flexibility index (Phi) is 5.41. The highest BCUT2D eigenvalue weighted by Gasteiger charge is 2.30. The summed E-state index contributed by atoms with van der Waals surface area (Å²) in [6, 6.07) is 8.48. The Balaban J connectivity index is 1.60. The molecule has 1 amide bonds. The van der Waals surface area contributed by atoms with Crippen LogP contribution in [0.1, 0.15) is 25.3 Å². The van der Waals surface area contributed by atoms with E-state index >= 15 is 0 Å². The molecule has 1 fully saturated rings. The number of hydrogen-bond acceptors (Lipinski definition) is 3. The van der Waals surface area contributed by atoms with Gasteiger partial charge in [-0.1, -0.05) is 12.1 Å². The average Bonchev–Trinajstić information content (AvgIpc) is 3.24. The molecule has 2 rings (SSSR count). The summed E-state index contributed by atoms with van der Waals surface area (Å²) in [5.74, 6) is 1.08. The fraction of sp³-hybridized carbons (Fsp3) is 0.562. The number of carbonyl (C=O) groups is 1. The lowest BCUT2D eigenvalue weighted by molar-refractivity contribution is -0.130. The van der Waals surface area contributed by atoms with E-state index in [4.69, 9.17) is 4.74 Å². The molecule has 0 saturated heterocycles. The molecule has 0 radical (unpaired) electrons. The van der Waals surface area contributed by atoms with E-state index in [0.717, 1.165) is 25.1 Å². The first-order valence-electron chi connectivity index (χ1n) is 7.40. The first-order chi connectivity index (χ1) is 9.70. The van der Waals surface area contributed by atoms with Crippen LogP contribution in [0.3, 0.4) is 0 Å². The first kappa shape index (κ1) is 14.9. The van der Waals surface area contributed by atoms with E-state index in [-0.39, 0.29) is 5.91 Å². The summed E-state index contributed by atoms with van der Waals surface area (Å²) in [6.07, 6.45) is 2.33. The second-order valence-corrected chi connectivity index (χ2v) is 5.25. The fourth-order valence-corrected chi connectivity index (χ4v) is 2.27. The molecule has 1 aliphatic rings. The minimum atomic E-state index is 0.200. The summed E-state index contributed by atoms with van der Waals surface area (Å²) in [5.41, 5.74) is 1.19. The molecule has 1 N–H and O–H groups in total. The van der Waals surface area contributed by atoms with Crippen LogP contribution in [-0.4, -0.2) is 43.1 Å². The third kappa shape index (κ3) is 4.53. The molecular formula is C16H24N2O2. The van der Waals surface area contributed by atoms with Crippen LogP contribution in [0.2, 0.25) is 0 Å². The van der Waals surface area contributed by atoms with Gasteiger partial charge in [-0.25, -0.2) is 0 Å². The number of nitrogens with one attached hydrogen (secondary N) is 1. The molecule has 4 heteroatoms. The SMILES string of the molecule is CCN(C(=O)CNCCOc1cccc(C)c1)C1CC1. The van der Waals surface area contributed by atoms with Gasteiger partial charge in [-0.3, -0.25) is 4.79 Å². The quantitative estimate of drug-likeness (QED) is 0.738. The maximum absolute atomic E-state index is 12.0. The lowest BCUT2D eigenvalue weighted by Crippen LogP contribution is -2.40. The third-order valence-electron chi connectivity index (χ3n) is 3.46. The number of hydrogen-bond donors (Lipinski definition) is 1. The van der Waals surface area contributed by atoms with E-state index in [2.05, 4.69) is 5.32 Å². The molecule has 0 aromatic heterocycles. The Morgan fingerprint density at radius 1 is 1.45 bits per heavy atom. The Bertz CT molecular complexity index is 444.